The quantitative estimate of drug-likeness (QED) is 0.663. The SMILES string of the molecule is C/C(=N\NC(=O)CN1C(=O)COc2ccc(Cl)cc21)c1ccc(C)cc1. The number of aryl methyl sites for hydroxylation is 1. The first-order chi connectivity index (χ1) is 12.4. The maximum Gasteiger partial charge on any atom is 0.265 e. The molecule has 1 aliphatic heterocycles. The second-order valence-corrected chi connectivity index (χ2v) is 6.42. The lowest BCUT2D eigenvalue weighted by molar-refractivity contribution is -0.125. The summed E-state index contributed by atoms with van der Waals surface area (Å²) in [5, 5.41) is 4.57. The Kier molecular flexibility index (Phi) is 5.23. The van der Waals surface area contributed by atoms with Gasteiger partial charge >= 0.3 is 0 Å². The minimum Gasteiger partial charge on any atom is -0.482 e. The van der Waals surface area contributed by atoms with Crippen LogP contribution in [-0.2, 0) is 9.59 Å². The number of nitrogens with one attached hydrogen (secondary N) is 1. The Hall–Kier alpha value is -2.86. The number of rotatable bonds is 4. The predicted octanol–water partition coefficient (Wildman–Crippen LogP) is 2.91. The maximum absolute atomic E-state index is 12.3. The number of anilines is 1. The van der Waals surface area contributed by atoms with E-state index in [4.69, 9.17) is 16.3 Å². The van der Waals surface area contributed by atoms with E-state index < -0.39 is 5.91 Å². The Morgan fingerprint density at radius 3 is 2.73 bits per heavy atom. The van der Waals surface area contributed by atoms with Crippen molar-refractivity contribution in [2.75, 3.05) is 18.1 Å². The molecule has 134 valence electrons. The van der Waals surface area contributed by atoms with Crippen LogP contribution in [0.25, 0.3) is 0 Å². The van der Waals surface area contributed by atoms with E-state index in [1.807, 2.05) is 31.2 Å². The Balaban J connectivity index is 1.70. The topological polar surface area (TPSA) is 71.0 Å². The van der Waals surface area contributed by atoms with Crippen molar-refractivity contribution in [2.24, 2.45) is 5.10 Å². The number of carbonyl (C=O) groups excluding carboxylic acids is 2. The molecule has 0 aliphatic carbocycles. The highest BCUT2D eigenvalue weighted by molar-refractivity contribution is 6.31. The van der Waals surface area contributed by atoms with Gasteiger partial charge in [0.25, 0.3) is 11.8 Å². The smallest absolute Gasteiger partial charge is 0.265 e. The van der Waals surface area contributed by atoms with Gasteiger partial charge in [0, 0.05) is 5.02 Å². The van der Waals surface area contributed by atoms with Crippen molar-refractivity contribution < 1.29 is 14.3 Å². The summed E-state index contributed by atoms with van der Waals surface area (Å²) in [7, 11) is 0. The maximum atomic E-state index is 12.3. The summed E-state index contributed by atoms with van der Waals surface area (Å²) in [6.45, 7) is 3.52. The van der Waals surface area contributed by atoms with Gasteiger partial charge in [0.2, 0.25) is 0 Å². The fraction of sp³-hybridized carbons (Fsp3) is 0.211. The van der Waals surface area contributed by atoms with E-state index in [0.717, 1.165) is 11.1 Å². The number of hydrogen-bond acceptors (Lipinski definition) is 4. The third kappa shape index (κ3) is 4.03. The summed E-state index contributed by atoms with van der Waals surface area (Å²) in [6, 6.07) is 12.8. The molecule has 0 unspecified atom stereocenters. The molecule has 0 saturated heterocycles. The number of carbonyl (C=O) groups is 2. The van der Waals surface area contributed by atoms with Gasteiger partial charge in [0.1, 0.15) is 12.3 Å². The van der Waals surface area contributed by atoms with Crippen LogP contribution in [-0.4, -0.2) is 30.7 Å². The molecule has 1 heterocycles. The Labute approximate surface area is 156 Å². The van der Waals surface area contributed by atoms with Crippen molar-refractivity contribution in [3.8, 4) is 5.75 Å². The lowest BCUT2D eigenvalue weighted by Crippen LogP contribution is -2.44. The van der Waals surface area contributed by atoms with Gasteiger partial charge < -0.3 is 4.74 Å². The standard InChI is InChI=1S/C19H18ClN3O3/c1-12-3-5-14(6-4-12)13(2)21-22-18(24)10-23-16-9-15(20)7-8-17(16)26-11-19(23)25/h3-9H,10-11H2,1-2H3,(H,22,24)/b21-13+. The van der Waals surface area contributed by atoms with Gasteiger partial charge in [-0.1, -0.05) is 41.4 Å². The Bertz CT molecular complexity index is 878. The number of hydrogen-bond donors (Lipinski definition) is 1. The molecule has 0 aromatic heterocycles. The molecule has 2 aromatic carbocycles. The van der Waals surface area contributed by atoms with Crippen LogP contribution in [0.4, 0.5) is 5.69 Å². The van der Waals surface area contributed by atoms with Crippen LogP contribution in [0.15, 0.2) is 47.6 Å². The molecule has 26 heavy (non-hydrogen) atoms. The van der Waals surface area contributed by atoms with Gasteiger partial charge in [-0.3, -0.25) is 14.5 Å². The average molecular weight is 372 g/mol. The van der Waals surface area contributed by atoms with Gasteiger partial charge in [-0.2, -0.15) is 5.10 Å². The lowest BCUT2D eigenvalue weighted by atomic mass is 10.1. The van der Waals surface area contributed by atoms with E-state index in [-0.39, 0.29) is 19.1 Å². The van der Waals surface area contributed by atoms with Crippen LogP contribution in [0, 0.1) is 6.92 Å². The number of halogens is 1. The van der Waals surface area contributed by atoms with E-state index in [2.05, 4.69) is 10.5 Å². The molecule has 0 fully saturated rings. The number of amides is 2. The van der Waals surface area contributed by atoms with Gasteiger partial charge in [0.15, 0.2) is 6.61 Å². The van der Waals surface area contributed by atoms with Crippen LogP contribution in [0.2, 0.25) is 5.02 Å². The first-order valence-corrected chi connectivity index (χ1v) is 8.45. The molecule has 0 bridgehead atoms. The second-order valence-electron chi connectivity index (χ2n) is 5.98. The summed E-state index contributed by atoms with van der Waals surface area (Å²) in [6.07, 6.45) is 0. The highest BCUT2D eigenvalue weighted by Gasteiger charge is 2.27. The van der Waals surface area contributed by atoms with Crippen molar-refractivity contribution in [1.82, 2.24) is 5.43 Å². The monoisotopic (exact) mass is 371 g/mol. The molecule has 2 amide bonds. The largest absolute Gasteiger partial charge is 0.482 e. The average Bonchev–Trinajstić information content (AvgIpc) is 2.63. The number of ether oxygens (including phenoxy) is 1. The minimum atomic E-state index is -0.405. The zero-order valence-electron chi connectivity index (χ0n) is 14.5. The van der Waals surface area contributed by atoms with Gasteiger partial charge in [0.05, 0.1) is 11.4 Å². The molecule has 0 atom stereocenters. The molecule has 3 rings (SSSR count). The number of benzene rings is 2. The van der Waals surface area contributed by atoms with E-state index in [9.17, 15) is 9.59 Å². The molecule has 6 nitrogen and oxygen atoms in total. The minimum absolute atomic E-state index is 0.117. The van der Waals surface area contributed by atoms with E-state index >= 15 is 0 Å². The molecule has 1 aliphatic rings. The zero-order valence-corrected chi connectivity index (χ0v) is 15.2. The fourth-order valence-electron chi connectivity index (χ4n) is 2.53. The molecule has 1 N–H and O–H groups in total. The van der Waals surface area contributed by atoms with Gasteiger partial charge in [-0.15, -0.1) is 0 Å². The molecule has 7 heteroatoms. The molecule has 0 spiro atoms. The third-order valence-corrected chi connectivity index (χ3v) is 4.22. The van der Waals surface area contributed by atoms with E-state index in [1.165, 1.54) is 4.90 Å². The normalized spacial score (nSPS) is 13.9. The zero-order chi connectivity index (χ0) is 18.7. The summed E-state index contributed by atoms with van der Waals surface area (Å²) < 4.78 is 5.36. The predicted molar refractivity (Wildman–Crippen MR) is 101 cm³/mol. The summed E-state index contributed by atoms with van der Waals surface area (Å²) >= 11 is 5.99. The molecule has 0 radical (unpaired) electrons. The Morgan fingerprint density at radius 2 is 2.00 bits per heavy atom. The van der Waals surface area contributed by atoms with Crippen LogP contribution in [0.3, 0.4) is 0 Å². The Morgan fingerprint density at radius 1 is 1.27 bits per heavy atom. The summed E-state index contributed by atoms with van der Waals surface area (Å²) in [5.41, 5.74) is 5.70. The fourth-order valence-corrected chi connectivity index (χ4v) is 2.70. The highest BCUT2D eigenvalue weighted by atomic mass is 35.5. The van der Waals surface area contributed by atoms with E-state index in [1.54, 1.807) is 25.1 Å². The summed E-state index contributed by atoms with van der Waals surface area (Å²) in [4.78, 5) is 25.7. The van der Waals surface area contributed by atoms with Crippen molar-refractivity contribution in [1.29, 1.82) is 0 Å². The second kappa shape index (κ2) is 7.58. The van der Waals surface area contributed by atoms with Crippen molar-refractivity contribution in [2.45, 2.75) is 13.8 Å². The lowest BCUT2D eigenvalue weighted by Gasteiger charge is -2.28. The summed E-state index contributed by atoms with van der Waals surface area (Å²) in [5.74, 6) is -0.201. The van der Waals surface area contributed by atoms with Crippen molar-refractivity contribution in [3.05, 3.63) is 58.6 Å². The van der Waals surface area contributed by atoms with Gasteiger partial charge in [-0.25, -0.2) is 5.43 Å². The van der Waals surface area contributed by atoms with Gasteiger partial charge in [-0.05, 0) is 37.6 Å². The molecule has 0 saturated carbocycles. The van der Waals surface area contributed by atoms with Crippen molar-refractivity contribution in [3.63, 3.8) is 0 Å². The highest BCUT2D eigenvalue weighted by Crippen LogP contribution is 2.34. The first kappa shape index (κ1) is 17.9. The molecular formula is C19H18ClN3O3. The van der Waals surface area contributed by atoms with E-state index in [0.29, 0.717) is 22.2 Å². The number of fused-ring (bicyclic) bond motifs is 1. The number of nitrogens with zero attached hydrogens (tertiary/aromatic N) is 2. The van der Waals surface area contributed by atoms with Crippen molar-refractivity contribution >= 4 is 34.8 Å². The molecular weight excluding hydrogens is 354 g/mol. The van der Waals surface area contributed by atoms with Crippen LogP contribution >= 0.6 is 11.6 Å². The molecule has 2 aromatic rings. The first-order valence-electron chi connectivity index (χ1n) is 8.07. The third-order valence-electron chi connectivity index (χ3n) is 3.98. The number of hydrazone groups is 1. The van der Waals surface area contributed by atoms with Crippen LogP contribution in [0.5, 0.6) is 5.75 Å². The van der Waals surface area contributed by atoms with Crippen LogP contribution < -0.4 is 15.1 Å². The van der Waals surface area contributed by atoms with Crippen LogP contribution in [0.1, 0.15) is 18.1 Å².